The summed E-state index contributed by atoms with van der Waals surface area (Å²) in [5, 5.41) is 0. The zero-order chi connectivity index (χ0) is 21.0. The van der Waals surface area contributed by atoms with Gasteiger partial charge < -0.3 is 9.47 Å². The predicted octanol–water partition coefficient (Wildman–Crippen LogP) is 4.85. The fourth-order valence-corrected chi connectivity index (χ4v) is 8.73. The van der Waals surface area contributed by atoms with E-state index in [9.17, 15) is 9.59 Å². The van der Waals surface area contributed by atoms with E-state index in [-0.39, 0.29) is 22.7 Å². The topological polar surface area (TPSA) is 52.6 Å². The first-order valence-electron chi connectivity index (χ1n) is 11.6. The average molecular weight is 401 g/mol. The molecule has 0 aromatic heterocycles. The van der Waals surface area contributed by atoms with Crippen molar-refractivity contribution in [2.24, 2.45) is 34.5 Å². The maximum absolute atomic E-state index is 13.1. The third kappa shape index (κ3) is 2.34. The van der Waals surface area contributed by atoms with Gasteiger partial charge in [0, 0.05) is 11.8 Å². The van der Waals surface area contributed by atoms with E-state index in [1.165, 1.54) is 5.57 Å². The summed E-state index contributed by atoms with van der Waals surface area (Å²) in [5.41, 5.74) is 0.529. The lowest BCUT2D eigenvalue weighted by Gasteiger charge is -2.60. The van der Waals surface area contributed by atoms with Crippen LogP contribution < -0.4 is 0 Å². The molecule has 4 fully saturated rings. The van der Waals surface area contributed by atoms with E-state index < -0.39 is 11.4 Å². The second-order valence-electron chi connectivity index (χ2n) is 11.6. The zero-order valence-corrected chi connectivity index (χ0v) is 18.8. The Morgan fingerprint density at radius 2 is 1.83 bits per heavy atom. The van der Waals surface area contributed by atoms with Gasteiger partial charge in [-0.25, -0.2) is 0 Å². The second-order valence-corrected chi connectivity index (χ2v) is 11.6. The van der Waals surface area contributed by atoms with Crippen LogP contribution in [0.2, 0.25) is 0 Å². The molecule has 0 aromatic carbocycles. The van der Waals surface area contributed by atoms with Gasteiger partial charge in [-0.3, -0.25) is 9.59 Å². The molecule has 4 nitrogen and oxygen atoms in total. The lowest BCUT2D eigenvalue weighted by molar-refractivity contribution is -0.214. The summed E-state index contributed by atoms with van der Waals surface area (Å²) < 4.78 is 12.9. The highest BCUT2D eigenvalue weighted by atomic mass is 16.8. The summed E-state index contributed by atoms with van der Waals surface area (Å²) in [6.07, 6.45) is 7.64. The largest absolute Gasteiger partial charge is 0.344 e. The Kier molecular flexibility index (Phi) is 4.00. The van der Waals surface area contributed by atoms with Crippen molar-refractivity contribution in [1.29, 1.82) is 0 Å². The Balaban J connectivity index is 1.56. The summed E-state index contributed by atoms with van der Waals surface area (Å²) in [4.78, 5) is 25.3. The van der Waals surface area contributed by atoms with E-state index in [4.69, 9.17) is 9.47 Å². The summed E-state index contributed by atoms with van der Waals surface area (Å²) in [6, 6.07) is 0. The first-order chi connectivity index (χ1) is 13.4. The van der Waals surface area contributed by atoms with Crippen molar-refractivity contribution in [1.82, 2.24) is 0 Å². The molecule has 0 N–H and O–H groups in total. The maximum Gasteiger partial charge on any atom is 0.164 e. The molecule has 0 bridgehead atoms. The van der Waals surface area contributed by atoms with E-state index in [0.29, 0.717) is 35.9 Å². The average Bonchev–Trinajstić information content (AvgIpc) is 3.03. The van der Waals surface area contributed by atoms with Gasteiger partial charge >= 0.3 is 0 Å². The monoisotopic (exact) mass is 400 g/mol. The Labute approximate surface area is 174 Å². The lowest BCUT2D eigenvalue weighted by atomic mass is 9.44. The highest BCUT2D eigenvalue weighted by molar-refractivity contribution is 5.92. The molecule has 5 aliphatic rings. The second kappa shape index (κ2) is 5.82. The molecule has 4 aliphatic carbocycles. The fourth-order valence-electron chi connectivity index (χ4n) is 8.73. The van der Waals surface area contributed by atoms with Crippen molar-refractivity contribution in [2.45, 2.75) is 97.6 Å². The standard InChI is InChI=1S/C25H36O4/c1-14-11-17-18(23(5)9-7-16(27)12-19(14)23)8-10-24(6)20(17)13-21-25(24,15(2)26)29-22(3,4)28-21/h12,14,17-18,20-21H,7-11,13H2,1-6H3/t14-,17+,18-,20-,21+,23+,24-,25+/m0/s1. The number of ketones is 2. The van der Waals surface area contributed by atoms with Crippen LogP contribution in [0.25, 0.3) is 0 Å². The number of Topliss-reactive ketones (excluding diaryl/α,β-unsaturated/α-hetero) is 1. The van der Waals surface area contributed by atoms with Gasteiger partial charge in [-0.2, -0.15) is 0 Å². The number of rotatable bonds is 1. The molecule has 29 heavy (non-hydrogen) atoms. The van der Waals surface area contributed by atoms with Crippen molar-refractivity contribution in [3.8, 4) is 0 Å². The summed E-state index contributed by atoms with van der Waals surface area (Å²) >= 11 is 0. The predicted molar refractivity (Wildman–Crippen MR) is 110 cm³/mol. The van der Waals surface area contributed by atoms with Crippen LogP contribution >= 0.6 is 0 Å². The van der Waals surface area contributed by atoms with E-state index in [0.717, 1.165) is 32.1 Å². The number of carbonyl (C=O) groups is 2. The third-order valence-corrected chi connectivity index (χ3v) is 9.79. The van der Waals surface area contributed by atoms with Crippen LogP contribution in [0.3, 0.4) is 0 Å². The van der Waals surface area contributed by atoms with E-state index in [2.05, 4.69) is 20.8 Å². The van der Waals surface area contributed by atoms with Crippen molar-refractivity contribution < 1.29 is 19.1 Å². The van der Waals surface area contributed by atoms with Crippen LogP contribution in [0.4, 0.5) is 0 Å². The quantitative estimate of drug-likeness (QED) is 0.631. The molecule has 0 spiro atoms. The van der Waals surface area contributed by atoms with Gasteiger partial charge in [0.15, 0.2) is 23.0 Å². The molecular formula is C25H36O4. The molecule has 4 heteroatoms. The molecule has 1 saturated heterocycles. The van der Waals surface area contributed by atoms with Gasteiger partial charge in [-0.15, -0.1) is 0 Å². The zero-order valence-electron chi connectivity index (χ0n) is 18.8. The van der Waals surface area contributed by atoms with Crippen molar-refractivity contribution in [2.75, 3.05) is 0 Å². The molecule has 0 amide bonds. The molecule has 0 unspecified atom stereocenters. The summed E-state index contributed by atoms with van der Waals surface area (Å²) in [7, 11) is 0. The van der Waals surface area contributed by atoms with Gasteiger partial charge in [0.05, 0.1) is 6.10 Å². The van der Waals surface area contributed by atoms with Gasteiger partial charge in [-0.05, 0) is 88.0 Å². The summed E-state index contributed by atoms with van der Waals surface area (Å²) in [5.74, 6) is 1.76. The van der Waals surface area contributed by atoms with Crippen molar-refractivity contribution in [3.05, 3.63) is 11.6 Å². The molecule has 0 radical (unpaired) electrons. The minimum atomic E-state index is -0.811. The van der Waals surface area contributed by atoms with Gasteiger partial charge in [0.25, 0.3) is 0 Å². The third-order valence-electron chi connectivity index (χ3n) is 9.79. The molecule has 0 aromatic rings. The van der Waals surface area contributed by atoms with Crippen LogP contribution in [0.15, 0.2) is 11.6 Å². The molecule has 160 valence electrons. The first-order valence-corrected chi connectivity index (χ1v) is 11.6. The Hall–Kier alpha value is -1.00. The molecule has 5 rings (SSSR count). The van der Waals surface area contributed by atoms with Crippen LogP contribution in [-0.4, -0.2) is 29.1 Å². The van der Waals surface area contributed by atoms with Crippen molar-refractivity contribution >= 4 is 11.6 Å². The van der Waals surface area contributed by atoms with Crippen molar-refractivity contribution in [3.63, 3.8) is 0 Å². The maximum atomic E-state index is 13.1. The van der Waals surface area contributed by atoms with Gasteiger partial charge in [-0.1, -0.05) is 26.3 Å². The van der Waals surface area contributed by atoms with E-state index >= 15 is 0 Å². The number of fused-ring (bicyclic) bond motifs is 7. The highest BCUT2D eigenvalue weighted by Crippen LogP contribution is 2.71. The minimum absolute atomic E-state index is 0.125. The van der Waals surface area contributed by atoms with Crippen LogP contribution in [0.5, 0.6) is 0 Å². The molecule has 8 atom stereocenters. The Morgan fingerprint density at radius 3 is 2.52 bits per heavy atom. The number of allylic oxidation sites excluding steroid dienone is 1. The minimum Gasteiger partial charge on any atom is -0.344 e. The van der Waals surface area contributed by atoms with Crippen LogP contribution in [0, 0.1) is 34.5 Å². The summed E-state index contributed by atoms with van der Waals surface area (Å²) in [6.45, 7) is 12.6. The molecule has 3 saturated carbocycles. The SMILES string of the molecule is CC(=O)[C@@]12OC(C)(C)O[C@@H]1C[C@H]1[C@@H]3C[C@H](C)C4=CC(=O)CC[C@]4(C)[C@H]3CC[C@@]12C. The van der Waals surface area contributed by atoms with E-state index in [1.807, 2.05) is 19.9 Å². The number of carbonyl (C=O) groups excluding carboxylic acids is 2. The van der Waals surface area contributed by atoms with E-state index in [1.54, 1.807) is 6.92 Å². The molecule has 1 heterocycles. The fraction of sp³-hybridized carbons (Fsp3) is 0.840. The number of hydrogen-bond donors (Lipinski definition) is 0. The molecule has 1 aliphatic heterocycles. The van der Waals surface area contributed by atoms with Gasteiger partial charge in [0.1, 0.15) is 0 Å². The number of ether oxygens (including phenoxy) is 2. The highest BCUT2D eigenvalue weighted by Gasteiger charge is 2.75. The van der Waals surface area contributed by atoms with Crippen LogP contribution in [-0.2, 0) is 19.1 Å². The lowest BCUT2D eigenvalue weighted by Crippen LogP contribution is -2.60. The Bertz CT molecular complexity index is 812. The Morgan fingerprint density at radius 1 is 1.10 bits per heavy atom. The number of hydrogen-bond acceptors (Lipinski definition) is 4. The van der Waals surface area contributed by atoms with Gasteiger partial charge in [0.2, 0.25) is 0 Å². The molecular weight excluding hydrogens is 364 g/mol. The normalized spacial score (nSPS) is 52.8. The smallest absolute Gasteiger partial charge is 0.164 e. The van der Waals surface area contributed by atoms with Crippen LogP contribution in [0.1, 0.15) is 80.1 Å². The first kappa shape index (κ1) is 19.9.